The molecule has 0 aliphatic rings. The highest BCUT2D eigenvalue weighted by atomic mass is 16.4. The quantitative estimate of drug-likeness (QED) is 0.619. The number of aliphatic carboxylic acids is 1. The van der Waals surface area contributed by atoms with Crippen molar-refractivity contribution in [2.75, 3.05) is 24.5 Å². The zero-order valence-corrected chi connectivity index (χ0v) is 12.0. The number of carboxylic acid groups (broad SMARTS) is 1. The third-order valence-corrected chi connectivity index (χ3v) is 2.60. The molecule has 0 aliphatic heterocycles. The van der Waals surface area contributed by atoms with Crippen LogP contribution in [-0.2, 0) is 19.2 Å². The molecule has 0 saturated carbocycles. The van der Waals surface area contributed by atoms with E-state index in [1.807, 2.05) is 0 Å². The van der Waals surface area contributed by atoms with Crippen molar-refractivity contribution in [3.05, 3.63) is 30.3 Å². The van der Waals surface area contributed by atoms with Gasteiger partial charge in [-0.15, -0.1) is 0 Å². The van der Waals surface area contributed by atoms with Crippen LogP contribution in [0.4, 0.5) is 5.69 Å². The van der Waals surface area contributed by atoms with Crippen LogP contribution in [0.3, 0.4) is 0 Å². The Hall–Kier alpha value is -2.90. The Balaban J connectivity index is 2.63. The van der Waals surface area contributed by atoms with Crippen LogP contribution in [-0.4, -0.2) is 48.4 Å². The molecule has 8 nitrogen and oxygen atoms in total. The fourth-order valence-corrected chi connectivity index (χ4v) is 1.60. The van der Waals surface area contributed by atoms with Crippen molar-refractivity contribution in [2.45, 2.75) is 6.92 Å². The van der Waals surface area contributed by atoms with E-state index in [9.17, 15) is 19.2 Å². The SMILES string of the molecule is CC(=O)NCC(=O)NCC(=O)N(CC(=O)O)c1ccccc1. The van der Waals surface area contributed by atoms with Crippen LogP contribution in [0.2, 0.25) is 0 Å². The lowest BCUT2D eigenvalue weighted by atomic mass is 10.2. The minimum atomic E-state index is -1.17. The maximum absolute atomic E-state index is 12.1. The second kappa shape index (κ2) is 8.40. The molecule has 1 aromatic carbocycles. The maximum atomic E-state index is 12.1. The summed E-state index contributed by atoms with van der Waals surface area (Å²) in [5.41, 5.74) is 0.422. The van der Waals surface area contributed by atoms with Gasteiger partial charge in [0, 0.05) is 12.6 Å². The van der Waals surface area contributed by atoms with Gasteiger partial charge in [0.2, 0.25) is 17.7 Å². The van der Waals surface area contributed by atoms with Gasteiger partial charge in [-0.1, -0.05) is 18.2 Å². The Bertz CT molecular complexity index is 559. The number of anilines is 1. The molecule has 0 spiro atoms. The van der Waals surface area contributed by atoms with Gasteiger partial charge in [-0.3, -0.25) is 24.1 Å². The summed E-state index contributed by atoms with van der Waals surface area (Å²) in [7, 11) is 0. The normalized spacial score (nSPS) is 9.68. The predicted octanol–water partition coefficient (Wildman–Crippen LogP) is -0.643. The Morgan fingerprint density at radius 2 is 1.68 bits per heavy atom. The summed E-state index contributed by atoms with van der Waals surface area (Å²) < 4.78 is 0. The lowest BCUT2D eigenvalue weighted by Crippen LogP contribution is -2.45. The molecule has 0 heterocycles. The van der Waals surface area contributed by atoms with Gasteiger partial charge in [-0.05, 0) is 12.1 Å². The number of nitrogens with one attached hydrogen (secondary N) is 2. The first kappa shape index (κ1) is 17.2. The molecule has 1 aromatic rings. The van der Waals surface area contributed by atoms with E-state index < -0.39 is 24.3 Å². The monoisotopic (exact) mass is 307 g/mol. The second-order valence-corrected chi connectivity index (χ2v) is 4.40. The lowest BCUT2D eigenvalue weighted by molar-refractivity contribution is -0.136. The van der Waals surface area contributed by atoms with Gasteiger partial charge in [0.05, 0.1) is 13.1 Å². The fourth-order valence-electron chi connectivity index (χ4n) is 1.60. The van der Waals surface area contributed by atoms with Crippen LogP contribution in [0.5, 0.6) is 0 Å². The van der Waals surface area contributed by atoms with E-state index in [1.54, 1.807) is 30.3 Å². The Kier molecular flexibility index (Phi) is 6.55. The highest BCUT2D eigenvalue weighted by Crippen LogP contribution is 2.12. The van der Waals surface area contributed by atoms with E-state index in [0.717, 1.165) is 4.90 Å². The molecule has 0 saturated heterocycles. The molecule has 0 aromatic heterocycles. The number of carbonyl (C=O) groups is 4. The molecule has 0 unspecified atom stereocenters. The number of rotatable bonds is 7. The summed E-state index contributed by atoms with van der Waals surface area (Å²) in [5, 5.41) is 13.5. The van der Waals surface area contributed by atoms with Gasteiger partial charge in [-0.25, -0.2) is 0 Å². The number of hydrogen-bond acceptors (Lipinski definition) is 4. The van der Waals surface area contributed by atoms with Crippen LogP contribution in [0.15, 0.2) is 30.3 Å². The van der Waals surface area contributed by atoms with Crippen LogP contribution >= 0.6 is 0 Å². The maximum Gasteiger partial charge on any atom is 0.323 e. The van der Waals surface area contributed by atoms with Gasteiger partial charge >= 0.3 is 5.97 Å². The number of nitrogens with zero attached hydrogens (tertiary/aromatic N) is 1. The minimum Gasteiger partial charge on any atom is -0.480 e. The average Bonchev–Trinajstić information content (AvgIpc) is 2.48. The molecule has 8 heteroatoms. The van der Waals surface area contributed by atoms with E-state index in [1.165, 1.54) is 6.92 Å². The third kappa shape index (κ3) is 6.04. The number of para-hydroxylation sites is 1. The largest absolute Gasteiger partial charge is 0.480 e. The van der Waals surface area contributed by atoms with Gasteiger partial charge in [-0.2, -0.15) is 0 Å². The van der Waals surface area contributed by atoms with Gasteiger partial charge in [0.1, 0.15) is 6.54 Å². The third-order valence-electron chi connectivity index (χ3n) is 2.60. The number of benzene rings is 1. The van der Waals surface area contributed by atoms with Crippen LogP contribution < -0.4 is 15.5 Å². The summed E-state index contributed by atoms with van der Waals surface area (Å²) in [4.78, 5) is 46.1. The Morgan fingerprint density at radius 1 is 1.05 bits per heavy atom. The molecule has 0 atom stereocenters. The first-order valence-electron chi connectivity index (χ1n) is 6.48. The van der Waals surface area contributed by atoms with Crippen molar-refractivity contribution in [3.63, 3.8) is 0 Å². The first-order valence-corrected chi connectivity index (χ1v) is 6.48. The van der Waals surface area contributed by atoms with Crippen molar-refractivity contribution in [2.24, 2.45) is 0 Å². The highest BCUT2D eigenvalue weighted by molar-refractivity contribution is 6.00. The summed E-state index contributed by atoms with van der Waals surface area (Å²) in [6.07, 6.45) is 0. The molecule has 0 bridgehead atoms. The van der Waals surface area contributed by atoms with Crippen molar-refractivity contribution >= 4 is 29.4 Å². The molecular weight excluding hydrogens is 290 g/mol. The fraction of sp³-hybridized carbons (Fsp3) is 0.286. The van der Waals surface area contributed by atoms with Crippen molar-refractivity contribution in [1.82, 2.24) is 10.6 Å². The van der Waals surface area contributed by atoms with Gasteiger partial charge in [0.15, 0.2) is 0 Å². The highest BCUT2D eigenvalue weighted by Gasteiger charge is 2.19. The van der Waals surface area contributed by atoms with E-state index in [2.05, 4.69) is 10.6 Å². The molecule has 1 rings (SSSR count). The van der Waals surface area contributed by atoms with Crippen LogP contribution in [0.25, 0.3) is 0 Å². The predicted molar refractivity (Wildman–Crippen MR) is 78.1 cm³/mol. The topological polar surface area (TPSA) is 116 Å². The molecule has 118 valence electrons. The zero-order valence-electron chi connectivity index (χ0n) is 12.0. The number of carboxylic acids is 1. The van der Waals surface area contributed by atoms with Gasteiger partial charge in [0.25, 0.3) is 0 Å². The van der Waals surface area contributed by atoms with Crippen molar-refractivity contribution in [3.8, 4) is 0 Å². The van der Waals surface area contributed by atoms with Crippen LogP contribution in [0, 0.1) is 0 Å². The smallest absolute Gasteiger partial charge is 0.323 e. The van der Waals surface area contributed by atoms with E-state index in [0.29, 0.717) is 5.69 Å². The zero-order chi connectivity index (χ0) is 16.5. The molecule has 22 heavy (non-hydrogen) atoms. The van der Waals surface area contributed by atoms with Crippen molar-refractivity contribution in [1.29, 1.82) is 0 Å². The molecule has 3 amide bonds. The molecule has 0 fully saturated rings. The summed E-state index contributed by atoms with van der Waals surface area (Å²) in [6.45, 7) is 0.153. The summed E-state index contributed by atoms with van der Waals surface area (Å²) in [5.74, 6) is -2.63. The van der Waals surface area contributed by atoms with E-state index in [-0.39, 0.29) is 19.0 Å². The molecular formula is C14H17N3O5. The molecule has 3 N–H and O–H groups in total. The minimum absolute atomic E-state index is 0.243. The van der Waals surface area contributed by atoms with E-state index >= 15 is 0 Å². The van der Waals surface area contributed by atoms with Gasteiger partial charge < -0.3 is 15.7 Å². The van der Waals surface area contributed by atoms with E-state index in [4.69, 9.17) is 5.11 Å². The van der Waals surface area contributed by atoms with Crippen molar-refractivity contribution < 1.29 is 24.3 Å². The number of hydrogen-bond donors (Lipinski definition) is 3. The molecule has 0 aliphatic carbocycles. The Morgan fingerprint density at radius 3 is 2.23 bits per heavy atom. The summed E-state index contributed by atoms with van der Waals surface area (Å²) >= 11 is 0. The number of carbonyl (C=O) groups excluding carboxylic acids is 3. The second-order valence-electron chi connectivity index (χ2n) is 4.40. The Labute approximate surface area is 127 Å². The summed E-state index contributed by atoms with van der Waals surface area (Å²) in [6, 6.07) is 8.28. The van der Waals surface area contributed by atoms with Crippen LogP contribution in [0.1, 0.15) is 6.92 Å². The number of amides is 3. The standard InChI is InChI=1S/C14H17N3O5/c1-10(18)15-7-12(19)16-8-13(20)17(9-14(21)22)11-5-3-2-4-6-11/h2-6H,7-9H2,1H3,(H,15,18)(H,16,19)(H,21,22). The average molecular weight is 307 g/mol. The molecule has 0 radical (unpaired) electrons. The lowest BCUT2D eigenvalue weighted by Gasteiger charge is -2.21. The first-order chi connectivity index (χ1) is 10.4.